The highest BCUT2D eigenvalue weighted by Crippen LogP contribution is 2.36. The van der Waals surface area contributed by atoms with Crippen molar-refractivity contribution in [2.75, 3.05) is 38.7 Å². The van der Waals surface area contributed by atoms with E-state index >= 15 is 0 Å². The number of nitrogens with zero attached hydrogens (tertiary/aromatic N) is 2. The lowest BCUT2D eigenvalue weighted by atomic mass is 9.84. The molecule has 0 bridgehead atoms. The summed E-state index contributed by atoms with van der Waals surface area (Å²) in [6, 6.07) is 13.1. The molecule has 1 aromatic carbocycles. The SMILES string of the molecule is Nc1ncc(-c2ccc(C3CCOCC3)c(C3COCCCN3)c2)cc1-c1ccncc1. The first kappa shape index (κ1) is 21.1. The second kappa shape index (κ2) is 9.77. The number of hydrogen-bond donors (Lipinski definition) is 2. The molecule has 5 rings (SSSR count). The Hall–Kier alpha value is -2.80. The molecule has 32 heavy (non-hydrogen) atoms. The fraction of sp³-hybridized carbons (Fsp3) is 0.385. The van der Waals surface area contributed by atoms with Crippen molar-refractivity contribution in [1.82, 2.24) is 15.3 Å². The quantitative estimate of drug-likeness (QED) is 0.641. The molecule has 0 radical (unpaired) electrons. The first-order valence-corrected chi connectivity index (χ1v) is 11.5. The van der Waals surface area contributed by atoms with Crippen molar-refractivity contribution >= 4 is 5.82 Å². The number of hydrogen-bond acceptors (Lipinski definition) is 6. The minimum absolute atomic E-state index is 0.191. The third-order valence-electron chi connectivity index (χ3n) is 6.51. The van der Waals surface area contributed by atoms with Gasteiger partial charge < -0.3 is 20.5 Å². The van der Waals surface area contributed by atoms with Crippen LogP contribution >= 0.6 is 0 Å². The highest BCUT2D eigenvalue weighted by molar-refractivity contribution is 5.79. The van der Waals surface area contributed by atoms with Gasteiger partial charge in [-0.2, -0.15) is 0 Å². The van der Waals surface area contributed by atoms with Gasteiger partial charge in [0, 0.05) is 49.5 Å². The van der Waals surface area contributed by atoms with Crippen LogP contribution in [0.3, 0.4) is 0 Å². The van der Waals surface area contributed by atoms with Crippen LogP contribution in [0.2, 0.25) is 0 Å². The Balaban J connectivity index is 1.55. The number of nitrogens with one attached hydrogen (secondary N) is 1. The predicted octanol–water partition coefficient (Wildman–Crippen LogP) is 4.34. The summed E-state index contributed by atoms with van der Waals surface area (Å²) in [5.74, 6) is 1.05. The summed E-state index contributed by atoms with van der Waals surface area (Å²) < 4.78 is 11.5. The summed E-state index contributed by atoms with van der Waals surface area (Å²) in [5.41, 5.74) is 13.1. The lowest BCUT2D eigenvalue weighted by Crippen LogP contribution is -2.26. The number of nitrogens with two attached hydrogens (primary N) is 1. The molecule has 166 valence electrons. The molecular formula is C26H30N4O2. The van der Waals surface area contributed by atoms with Crippen molar-refractivity contribution in [2.45, 2.75) is 31.2 Å². The van der Waals surface area contributed by atoms with E-state index in [1.54, 1.807) is 12.4 Å². The van der Waals surface area contributed by atoms with E-state index in [0.29, 0.717) is 18.3 Å². The van der Waals surface area contributed by atoms with E-state index in [1.807, 2.05) is 18.3 Å². The lowest BCUT2D eigenvalue weighted by Gasteiger charge is -2.28. The van der Waals surface area contributed by atoms with Crippen LogP contribution in [0.5, 0.6) is 0 Å². The van der Waals surface area contributed by atoms with Crippen LogP contribution in [0.1, 0.15) is 42.3 Å². The minimum atomic E-state index is 0.191. The molecule has 2 saturated heterocycles. The Labute approximate surface area is 189 Å². The van der Waals surface area contributed by atoms with Crippen molar-refractivity contribution in [3.63, 3.8) is 0 Å². The van der Waals surface area contributed by atoms with Gasteiger partial charge in [0.15, 0.2) is 0 Å². The van der Waals surface area contributed by atoms with Gasteiger partial charge in [-0.05, 0) is 78.2 Å². The number of aromatic nitrogens is 2. The van der Waals surface area contributed by atoms with E-state index < -0.39 is 0 Å². The molecule has 2 aliphatic heterocycles. The summed E-state index contributed by atoms with van der Waals surface area (Å²) in [4.78, 5) is 8.62. The van der Waals surface area contributed by atoms with Crippen molar-refractivity contribution in [1.29, 1.82) is 0 Å². The van der Waals surface area contributed by atoms with Crippen molar-refractivity contribution in [2.24, 2.45) is 0 Å². The van der Waals surface area contributed by atoms with Crippen LogP contribution in [-0.4, -0.2) is 42.9 Å². The predicted molar refractivity (Wildman–Crippen MR) is 126 cm³/mol. The van der Waals surface area contributed by atoms with Crippen molar-refractivity contribution in [3.8, 4) is 22.3 Å². The molecule has 0 spiro atoms. The zero-order valence-corrected chi connectivity index (χ0v) is 18.3. The molecule has 1 atom stereocenters. The molecule has 4 heterocycles. The van der Waals surface area contributed by atoms with Crippen LogP contribution in [0.25, 0.3) is 22.3 Å². The Morgan fingerprint density at radius 3 is 2.56 bits per heavy atom. The summed E-state index contributed by atoms with van der Waals surface area (Å²) in [6.45, 7) is 4.14. The summed E-state index contributed by atoms with van der Waals surface area (Å²) in [6.07, 6.45) is 8.59. The van der Waals surface area contributed by atoms with Crippen molar-refractivity contribution < 1.29 is 9.47 Å². The van der Waals surface area contributed by atoms with Crippen molar-refractivity contribution in [3.05, 3.63) is 66.1 Å². The van der Waals surface area contributed by atoms with Crippen LogP contribution in [0.15, 0.2) is 55.0 Å². The summed E-state index contributed by atoms with van der Waals surface area (Å²) >= 11 is 0. The fourth-order valence-corrected chi connectivity index (χ4v) is 4.74. The largest absolute Gasteiger partial charge is 0.383 e. The van der Waals surface area contributed by atoms with E-state index in [4.69, 9.17) is 15.2 Å². The maximum absolute atomic E-state index is 6.22. The average Bonchev–Trinajstić information content (AvgIpc) is 3.15. The zero-order chi connectivity index (χ0) is 21.8. The number of ether oxygens (including phenoxy) is 2. The first-order valence-electron chi connectivity index (χ1n) is 11.5. The second-order valence-corrected chi connectivity index (χ2v) is 8.56. The average molecular weight is 431 g/mol. The highest BCUT2D eigenvalue weighted by Gasteiger charge is 2.24. The normalized spacial score (nSPS) is 20.1. The van der Waals surface area contributed by atoms with E-state index in [9.17, 15) is 0 Å². The molecule has 3 N–H and O–H groups in total. The molecule has 3 aromatic rings. The van der Waals surface area contributed by atoms with Gasteiger partial charge in [0.1, 0.15) is 5.82 Å². The Kier molecular flexibility index (Phi) is 6.44. The van der Waals surface area contributed by atoms with E-state index in [0.717, 1.165) is 67.9 Å². The molecule has 2 aliphatic rings. The van der Waals surface area contributed by atoms with Gasteiger partial charge in [-0.15, -0.1) is 0 Å². The van der Waals surface area contributed by atoms with Gasteiger partial charge in [-0.3, -0.25) is 4.98 Å². The molecule has 2 fully saturated rings. The molecule has 0 amide bonds. The number of benzene rings is 1. The van der Waals surface area contributed by atoms with Gasteiger partial charge in [-0.1, -0.05) is 12.1 Å². The standard InChI is InChI=1S/C26H30N4O2/c27-26-23(18-4-9-28-10-5-18)15-21(16-30-26)20-2-3-22(19-6-12-31-13-7-19)24(14-20)25-17-32-11-1-8-29-25/h2-5,9-10,14-16,19,25,29H,1,6-8,11-13,17H2,(H2,27,30). The Morgan fingerprint density at radius 1 is 0.875 bits per heavy atom. The van der Waals surface area contributed by atoms with E-state index in [-0.39, 0.29) is 6.04 Å². The number of anilines is 1. The van der Waals surface area contributed by atoms with Gasteiger partial charge in [0.25, 0.3) is 0 Å². The molecule has 2 aromatic heterocycles. The third kappa shape index (κ3) is 4.53. The number of nitrogen functional groups attached to an aromatic ring is 1. The topological polar surface area (TPSA) is 82.3 Å². The van der Waals surface area contributed by atoms with Gasteiger partial charge in [0.2, 0.25) is 0 Å². The third-order valence-corrected chi connectivity index (χ3v) is 6.51. The molecule has 0 aliphatic carbocycles. The maximum Gasteiger partial charge on any atom is 0.131 e. The molecule has 0 saturated carbocycles. The number of rotatable bonds is 4. The Bertz CT molecular complexity index is 1040. The fourth-order valence-electron chi connectivity index (χ4n) is 4.74. The molecule has 1 unspecified atom stereocenters. The van der Waals surface area contributed by atoms with E-state index in [1.165, 1.54) is 11.1 Å². The molecule has 6 nitrogen and oxygen atoms in total. The van der Waals surface area contributed by atoms with Crippen LogP contribution in [-0.2, 0) is 9.47 Å². The molecule has 6 heteroatoms. The minimum Gasteiger partial charge on any atom is -0.383 e. The summed E-state index contributed by atoms with van der Waals surface area (Å²) in [7, 11) is 0. The Morgan fingerprint density at radius 2 is 1.72 bits per heavy atom. The highest BCUT2D eigenvalue weighted by atomic mass is 16.5. The first-order chi connectivity index (χ1) is 15.8. The maximum atomic E-state index is 6.22. The van der Waals surface area contributed by atoms with Crippen LogP contribution < -0.4 is 11.1 Å². The summed E-state index contributed by atoms with van der Waals surface area (Å²) in [5, 5.41) is 3.70. The second-order valence-electron chi connectivity index (χ2n) is 8.56. The monoisotopic (exact) mass is 430 g/mol. The van der Waals surface area contributed by atoms with Gasteiger partial charge in [-0.25, -0.2) is 4.98 Å². The van der Waals surface area contributed by atoms with E-state index in [2.05, 4.69) is 39.6 Å². The van der Waals surface area contributed by atoms with Gasteiger partial charge in [0.05, 0.1) is 12.6 Å². The zero-order valence-electron chi connectivity index (χ0n) is 18.3. The number of pyridine rings is 2. The lowest BCUT2D eigenvalue weighted by molar-refractivity contribution is 0.0847. The van der Waals surface area contributed by atoms with Crippen LogP contribution in [0.4, 0.5) is 5.82 Å². The molecular weight excluding hydrogens is 400 g/mol. The van der Waals surface area contributed by atoms with Crippen LogP contribution in [0, 0.1) is 0 Å². The smallest absolute Gasteiger partial charge is 0.131 e. The van der Waals surface area contributed by atoms with Gasteiger partial charge >= 0.3 is 0 Å².